The van der Waals surface area contributed by atoms with E-state index in [9.17, 15) is 9.59 Å². The molecule has 2 heterocycles. The zero-order valence-corrected chi connectivity index (χ0v) is 15.5. The Kier molecular flexibility index (Phi) is 5.65. The van der Waals surface area contributed by atoms with E-state index in [4.69, 9.17) is 4.98 Å². The number of nitrogens with zero attached hydrogens (tertiary/aromatic N) is 1. The van der Waals surface area contributed by atoms with E-state index in [1.165, 1.54) is 9.60 Å². The fourth-order valence-electron chi connectivity index (χ4n) is 3.28. The number of fused-ring (bicyclic) bond motifs is 1. The third-order valence-corrected chi connectivity index (χ3v) is 5.53. The number of thiazole rings is 1. The first-order valence-corrected chi connectivity index (χ1v) is 9.60. The van der Waals surface area contributed by atoms with E-state index in [0.29, 0.717) is 6.54 Å². The first-order chi connectivity index (χ1) is 12.0. The van der Waals surface area contributed by atoms with E-state index >= 15 is 0 Å². The van der Waals surface area contributed by atoms with Crippen molar-refractivity contribution in [3.8, 4) is 0 Å². The number of carbonyl (C=O) groups is 2. The molecule has 1 unspecified atom stereocenters. The lowest BCUT2D eigenvalue weighted by Crippen LogP contribution is -3.11. The van der Waals surface area contributed by atoms with E-state index < -0.39 is 0 Å². The average Bonchev–Trinajstić information content (AvgIpc) is 3.18. The minimum atomic E-state index is -0.150. The highest BCUT2D eigenvalue weighted by molar-refractivity contribution is 7.18. The zero-order valence-electron chi connectivity index (χ0n) is 14.7. The van der Waals surface area contributed by atoms with Gasteiger partial charge in [0.2, 0.25) is 5.91 Å². The summed E-state index contributed by atoms with van der Waals surface area (Å²) in [5.41, 5.74) is 1.03. The second-order valence-corrected chi connectivity index (χ2v) is 7.86. The molecule has 0 spiro atoms. The van der Waals surface area contributed by atoms with Crippen molar-refractivity contribution in [2.24, 2.45) is 0 Å². The first-order valence-electron chi connectivity index (χ1n) is 8.79. The van der Waals surface area contributed by atoms with Crippen LogP contribution < -0.4 is 15.5 Å². The lowest BCUT2D eigenvalue weighted by molar-refractivity contribution is -0.910. The Morgan fingerprint density at radius 2 is 2.12 bits per heavy atom. The molecule has 134 valence electrons. The van der Waals surface area contributed by atoms with Gasteiger partial charge in [-0.15, -0.1) is 11.3 Å². The topological polar surface area (TPSA) is 75.5 Å². The second kappa shape index (κ2) is 7.93. The molecule has 0 radical (unpaired) electrons. The van der Waals surface area contributed by atoms with Crippen molar-refractivity contribution in [3.05, 3.63) is 29.3 Å². The number of quaternary nitrogens is 1. The number of para-hydroxylation sites is 1. The van der Waals surface area contributed by atoms with E-state index in [1.807, 2.05) is 32.0 Å². The molecule has 1 aromatic heterocycles. The van der Waals surface area contributed by atoms with Crippen LogP contribution in [0.25, 0.3) is 10.2 Å². The zero-order chi connectivity index (χ0) is 17.8. The maximum atomic E-state index is 12.2. The van der Waals surface area contributed by atoms with Gasteiger partial charge in [-0.2, -0.15) is 0 Å². The third-order valence-electron chi connectivity index (χ3n) is 4.38. The predicted octanol–water partition coefficient (Wildman–Crippen LogP) is 0.657. The molecular formula is C18H25N4O2S+. The largest absolute Gasteiger partial charge is 0.352 e. The Bertz CT molecular complexity index is 725. The Morgan fingerprint density at radius 1 is 1.32 bits per heavy atom. The minimum Gasteiger partial charge on any atom is -0.352 e. The number of amides is 2. The summed E-state index contributed by atoms with van der Waals surface area (Å²) in [5, 5.41) is 6.61. The highest BCUT2D eigenvalue weighted by Crippen LogP contribution is 2.28. The number of rotatable bonds is 6. The van der Waals surface area contributed by atoms with Crippen LogP contribution in [0.15, 0.2) is 24.3 Å². The number of benzene rings is 1. The van der Waals surface area contributed by atoms with E-state index in [2.05, 4.69) is 16.7 Å². The van der Waals surface area contributed by atoms with Crippen LogP contribution in [-0.2, 0) is 9.59 Å². The molecule has 7 heteroatoms. The van der Waals surface area contributed by atoms with Gasteiger partial charge in [0.1, 0.15) is 6.04 Å². The molecule has 2 aromatic rings. The van der Waals surface area contributed by atoms with Gasteiger partial charge in [-0.1, -0.05) is 12.1 Å². The number of hydrogen-bond acceptors (Lipinski definition) is 4. The summed E-state index contributed by atoms with van der Waals surface area (Å²) < 4.78 is 1.19. The molecular weight excluding hydrogens is 336 g/mol. The monoisotopic (exact) mass is 361 g/mol. The van der Waals surface area contributed by atoms with Crippen molar-refractivity contribution >= 4 is 33.4 Å². The van der Waals surface area contributed by atoms with E-state index in [-0.39, 0.29) is 30.4 Å². The van der Waals surface area contributed by atoms with Crippen LogP contribution in [0, 0.1) is 0 Å². The van der Waals surface area contributed by atoms with Gasteiger partial charge in [-0.25, -0.2) is 4.98 Å². The molecule has 3 rings (SSSR count). The maximum absolute atomic E-state index is 12.2. The van der Waals surface area contributed by atoms with Gasteiger partial charge in [0.25, 0.3) is 5.91 Å². The lowest BCUT2D eigenvalue weighted by atomic mass is 10.2. The van der Waals surface area contributed by atoms with Crippen LogP contribution in [-0.4, -0.2) is 42.5 Å². The summed E-state index contributed by atoms with van der Waals surface area (Å²) in [6.45, 7) is 5.19. The van der Waals surface area contributed by atoms with Crippen molar-refractivity contribution in [2.45, 2.75) is 38.8 Å². The Balaban J connectivity index is 1.58. The SMILES string of the molecule is CC(C)NC(=O)CNC(=O)C[NH+]1CCC[C@@H]1c1nc2ccccc2s1. The molecule has 2 amide bonds. The van der Waals surface area contributed by atoms with Crippen molar-refractivity contribution < 1.29 is 14.5 Å². The molecule has 2 atom stereocenters. The molecule has 25 heavy (non-hydrogen) atoms. The minimum absolute atomic E-state index is 0.0378. The number of aromatic nitrogens is 1. The first kappa shape index (κ1) is 17.8. The Hall–Kier alpha value is -1.99. The van der Waals surface area contributed by atoms with Gasteiger partial charge < -0.3 is 15.5 Å². The van der Waals surface area contributed by atoms with Crippen LogP contribution in [0.2, 0.25) is 0 Å². The second-order valence-electron chi connectivity index (χ2n) is 6.80. The summed E-state index contributed by atoms with van der Waals surface area (Å²) in [6, 6.07) is 8.50. The summed E-state index contributed by atoms with van der Waals surface area (Å²) in [4.78, 5) is 29.8. The van der Waals surface area contributed by atoms with Crippen molar-refractivity contribution in [3.63, 3.8) is 0 Å². The molecule has 6 nitrogen and oxygen atoms in total. The number of nitrogens with one attached hydrogen (secondary N) is 3. The van der Waals surface area contributed by atoms with Crippen molar-refractivity contribution in [1.82, 2.24) is 15.6 Å². The standard InChI is InChI=1S/C18H24N4O2S/c1-12(2)20-16(23)10-19-17(24)11-22-9-5-7-14(22)18-21-13-6-3-4-8-15(13)25-18/h3-4,6,8,12,14H,5,7,9-11H2,1-2H3,(H,19,24)(H,20,23)/p+1/t14-/m1/s1. The molecule has 1 aromatic carbocycles. The Morgan fingerprint density at radius 3 is 2.88 bits per heavy atom. The molecule has 1 aliphatic rings. The molecule has 0 aliphatic carbocycles. The van der Waals surface area contributed by atoms with E-state index in [1.54, 1.807) is 11.3 Å². The maximum Gasteiger partial charge on any atom is 0.275 e. The quantitative estimate of drug-likeness (QED) is 0.707. The van der Waals surface area contributed by atoms with Gasteiger partial charge >= 0.3 is 0 Å². The van der Waals surface area contributed by atoms with Gasteiger partial charge in [-0.05, 0) is 26.0 Å². The summed E-state index contributed by atoms with van der Waals surface area (Å²) in [5.74, 6) is -0.232. The molecule has 0 bridgehead atoms. The predicted molar refractivity (Wildman–Crippen MR) is 98.6 cm³/mol. The summed E-state index contributed by atoms with van der Waals surface area (Å²) in [7, 11) is 0. The number of carbonyl (C=O) groups excluding carboxylic acids is 2. The van der Waals surface area contributed by atoms with Crippen LogP contribution in [0.3, 0.4) is 0 Å². The fourth-order valence-corrected chi connectivity index (χ4v) is 4.44. The lowest BCUT2D eigenvalue weighted by Gasteiger charge is -2.19. The fraction of sp³-hybridized carbons (Fsp3) is 0.500. The number of likely N-dealkylation sites (tertiary alicyclic amines) is 1. The van der Waals surface area contributed by atoms with Gasteiger partial charge in [0.15, 0.2) is 11.6 Å². The molecule has 0 saturated carbocycles. The Labute approximate surface area is 151 Å². The van der Waals surface area contributed by atoms with Gasteiger partial charge in [0.05, 0.1) is 23.3 Å². The van der Waals surface area contributed by atoms with Crippen LogP contribution in [0.4, 0.5) is 0 Å². The smallest absolute Gasteiger partial charge is 0.275 e. The highest BCUT2D eigenvalue weighted by atomic mass is 32.1. The molecule has 3 N–H and O–H groups in total. The normalized spacial score (nSPS) is 20.1. The third kappa shape index (κ3) is 4.55. The highest BCUT2D eigenvalue weighted by Gasteiger charge is 2.34. The summed E-state index contributed by atoms with van der Waals surface area (Å²) in [6.07, 6.45) is 2.15. The number of hydrogen-bond donors (Lipinski definition) is 3. The van der Waals surface area contributed by atoms with Crippen LogP contribution in [0.5, 0.6) is 0 Å². The molecule has 1 fully saturated rings. The van der Waals surface area contributed by atoms with Crippen LogP contribution in [0.1, 0.15) is 37.7 Å². The van der Waals surface area contributed by atoms with Gasteiger partial charge in [0, 0.05) is 18.9 Å². The van der Waals surface area contributed by atoms with Crippen LogP contribution >= 0.6 is 11.3 Å². The van der Waals surface area contributed by atoms with E-state index in [0.717, 1.165) is 29.9 Å². The van der Waals surface area contributed by atoms with Crippen molar-refractivity contribution in [2.75, 3.05) is 19.6 Å². The van der Waals surface area contributed by atoms with Crippen molar-refractivity contribution in [1.29, 1.82) is 0 Å². The average molecular weight is 361 g/mol. The van der Waals surface area contributed by atoms with Gasteiger partial charge in [-0.3, -0.25) is 9.59 Å². The summed E-state index contributed by atoms with van der Waals surface area (Å²) >= 11 is 1.72. The molecule has 1 saturated heterocycles. The molecule has 1 aliphatic heterocycles.